The average Bonchev–Trinajstić information content (AvgIpc) is 2.88. The van der Waals surface area contributed by atoms with Crippen LogP contribution in [0.1, 0.15) is 26.5 Å². The Morgan fingerprint density at radius 1 is 0.792 bits per heavy atom. The molecule has 0 fully saturated rings. The summed E-state index contributed by atoms with van der Waals surface area (Å²) in [5, 5.41) is 2.47. The van der Waals surface area contributed by atoms with Gasteiger partial charge in [-0.15, -0.1) is 0 Å². The largest absolute Gasteiger partial charge is 0.294 e. The van der Waals surface area contributed by atoms with E-state index in [-0.39, 0.29) is 5.41 Å². The summed E-state index contributed by atoms with van der Waals surface area (Å²) in [5.41, 5.74) is 4.78. The minimum absolute atomic E-state index is 0.226. The highest BCUT2D eigenvalue weighted by Gasteiger charge is 2.16. The predicted octanol–water partition coefficient (Wildman–Crippen LogP) is 5.77. The topological polar surface area (TPSA) is 17.8 Å². The molecule has 0 aliphatic heterocycles. The van der Waals surface area contributed by atoms with Crippen LogP contribution < -0.4 is 0 Å². The number of hydrogen-bond acceptors (Lipinski definition) is 1. The second kappa shape index (κ2) is 5.48. The lowest BCUT2D eigenvalue weighted by atomic mass is 9.90. The third kappa shape index (κ3) is 2.58. The van der Waals surface area contributed by atoms with Crippen LogP contribution in [0.15, 0.2) is 66.7 Å². The molecular weight excluding hydrogens is 292 g/mol. The zero-order valence-electron chi connectivity index (χ0n) is 14.5. The number of aromatic nitrogens is 2. The van der Waals surface area contributed by atoms with Crippen molar-refractivity contribution in [1.82, 2.24) is 9.55 Å². The van der Waals surface area contributed by atoms with Crippen molar-refractivity contribution in [2.24, 2.45) is 5.41 Å². The molecule has 2 nitrogen and oxygen atoms in total. The maximum atomic E-state index is 5.04. The molecule has 24 heavy (non-hydrogen) atoms. The Balaban J connectivity index is 2.04. The molecular formula is C22H22N2. The molecule has 120 valence electrons. The Bertz CT molecular complexity index is 1000. The number of para-hydroxylation sites is 2. The number of pyridine rings is 1. The molecule has 0 radical (unpaired) electrons. The Hall–Kier alpha value is -2.61. The van der Waals surface area contributed by atoms with Gasteiger partial charge in [0.25, 0.3) is 0 Å². The molecule has 4 aromatic rings. The van der Waals surface area contributed by atoms with Crippen LogP contribution >= 0.6 is 0 Å². The standard InChI is InChI=1S/C22H22N2/c1-22(2,3)15-16-13-14-19-18-11-7-8-12-20(18)24(21(19)23-16)17-9-5-4-6-10-17/h4-14H,15H2,1-3H3. The molecule has 0 aliphatic carbocycles. The van der Waals surface area contributed by atoms with E-state index >= 15 is 0 Å². The van der Waals surface area contributed by atoms with Gasteiger partial charge in [0.2, 0.25) is 0 Å². The van der Waals surface area contributed by atoms with Gasteiger partial charge in [-0.1, -0.05) is 57.2 Å². The lowest BCUT2D eigenvalue weighted by Crippen LogP contribution is -2.10. The maximum absolute atomic E-state index is 5.04. The molecule has 0 bridgehead atoms. The van der Waals surface area contributed by atoms with Crippen molar-refractivity contribution in [2.45, 2.75) is 27.2 Å². The number of fused-ring (bicyclic) bond motifs is 3. The van der Waals surface area contributed by atoms with Crippen LogP contribution in [-0.4, -0.2) is 9.55 Å². The van der Waals surface area contributed by atoms with E-state index < -0.39 is 0 Å². The van der Waals surface area contributed by atoms with Gasteiger partial charge in [0.05, 0.1) is 5.52 Å². The van der Waals surface area contributed by atoms with Crippen LogP contribution in [0.25, 0.3) is 27.6 Å². The van der Waals surface area contributed by atoms with E-state index in [1.807, 2.05) is 0 Å². The van der Waals surface area contributed by atoms with Crippen LogP contribution in [0, 0.1) is 5.41 Å². The lowest BCUT2D eigenvalue weighted by molar-refractivity contribution is 0.407. The first-order chi connectivity index (χ1) is 11.5. The zero-order chi connectivity index (χ0) is 16.7. The van der Waals surface area contributed by atoms with E-state index in [0.717, 1.165) is 23.4 Å². The molecule has 0 unspecified atom stereocenters. The number of hydrogen-bond donors (Lipinski definition) is 0. The van der Waals surface area contributed by atoms with E-state index in [2.05, 4.69) is 92.1 Å². The lowest BCUT2D eigenvalue weighted by Gasteiger charge is -2.17. The van der Waals surface area contributed by atoms with Crippen LogP contribution in [-0.2, 0) is 6.42 Å². The first-order valence-corrected chi connectivity index (χ1v) is 8.47. The number of benzene rings is 2. The van der Waals surface area contributed by atoms with Crippen molar-refractivity contribution in [3.8, 4) is 5.69 Å². The Morgan fingerprint density at radius 3 is 2.25 bits per heavy atom. The van der Waals surface area contributed by atoms with Crippen LogP contribution in [0.4, 0.5) is 0 Å². The highest BCUT2D eigenvalue weighted by atomic mass is 15.0. The first kappa shape index (κ1) is 14.9. The summed E-state index contributed by atoms with van der Waals surface area (Å²) in [6, 6.07) is 23.4. The minimum Gasteiger partial charge on any atom is -0.294 e. The summed E-state index contributed by atoms with van der Waals surface area (Å²) in [7, 11) is 0. The van der Waals surface area contributed by atoms with Gasteiger partial charge in [-0.3, -0.25) is 4.57 Å². The molecule has 0 saturated heterocycles. The summed E-state index contributed by atoms with van der Waals surface area (Å²) < 4.78 is 2.27. The van der Waals surface area contributed by atoms with Gasteiger partial charge >= 0.3 is 0 Å². The molecule has 0 N–H and O–H groups in total. The Morgan fingerprint density at radius 2 is 1.50 bits per heavy atom. The molecule has 2 heteroatoms. The molecule has 4 rings (SSSR count). The molecule has 2 aromatic heterocycles. The van der Waals surface area contributed by atoms with Crippen molar-refractivity contribution in [1.29, 1.82) is 0 Å². The van der Waals surface area contributed by atoms with E-state index in [9.17, 15) is 0 Å². The third-order valence-corrected chi connectivity index (χ3v) is 4.31. The molecule has 0 amide bonds. The van der Waals surface area contributed by atoms with Crippen molar-refractivity contribution in [2.75, 3.05) is 0 Å². The fraction of sp³-hybridized carbons (Fsp3) is 0.227. The van der Waals surface area contributed by atoms with Crippen LogP contribution in [0.5, 0.6) is 0 Å². The van der Waals surface area contributed by atoms with Gasteiger partial charge in [0.15, 0.2) is 0 Å². The summed E-state index contributed by atoms with van der Waals surface area (Å²) >= 11 is 0. The molecule has 2 heterocycles. The minimum atomic E-state index is 0.226. The van der Waals surface area contributed by atoms with Gasteiger partial charge in [-0.25, -0.2) is 4.98 Å². The molecule has 0 aliphatic rings. The first-order valence-electron chi connectivity index (χ1n) is 8.47. The van der Waals surface area contributed by atoms with Crippen molar-refractivity contribution in [3.05, 3.63) is 72.4 Å². The fourth-order valence-electron chi connectivity index (χ4n) is 3.36. The summed E-state index contributed by atoms with van der Waals surface area (Å²) in [6.07, 6.45) is 0.971. The van der Waals surface area contributed by atoms with Crippen LogP contribution in [0.2, 0.25) is 0 Å². The third-order valence-electron chi connectivity index (χ3n) is 4.31. The average molecular weight is 314 g/mol. The van der Waals surface area contributed by atoms with Gasteiger partial charge in [-0.2, -0.15) is 0 Å². The van der Waals surface area contributed by atoms with Crippen molar-refractivity contribution < 1.29 is 0 Å². The van der Waals surface area contributed by atoms with Gasteiger partial charge < -0.3 is 0 Å². The highest BCUT2D eigenvalue weighted by Crippen LogP contribution is 2.31. The molecule has 0 saturated carbocycles. The van der Waals surface area contributed by atoms with E-state index in [4.69, 9.17) is 4.98 Å². The quantitative estimate of drug-likeness (QED) is 0.459. The number of rotatable bonds is 2. The molecule has 2 aromatic carbocycles. The monoisotopic (exact) mass is 314 g/mol. The second-order valence-corrected chi connectivity index (χ2v) is 7.60. The highest BCUT2D eigenvalue weighted by molar-refractivity contribution is 6.07. The van der Waals surface area contributed by atoms with Gasteiger partial charge in [-0.05, 0) is 42.2 Å². The van der Waals surface area contributed by atoms with Crippen molar-refractivity contribution >= 4 is 21.9 Å². The molecule has 0 atom stereocenters. The fourth-order valence-corrected chi connectivity index (χ4v) is 3.36. The predicted molar refractivity (Wildman–Crippen MR) is 102 cm³/mol. The van der Waals surface area contributed by atoms with E-state index in [1.165, 1.54) is 16.3 Å². The normalized spacial score (nSPS) is 12.1. The van der Waals surface area contributed by atoms with Gasteiger partial charge in [0.1, 0.15) is 5.65 Å². The maximum Gasteiger partial charge on any atom is 0.145 e. The molecule has 0 spiro atoms. The zero-order valence-corrected chi connectivity index (χ0v) is 14.5. The summed E-state index contributed by atoms with van der Waals surface area (Å²) in [4.78, 5) is 5.04. The summed E-state index contributed by atoms with van der Waals surface area (Å²) in [6.45, 7) is 6.77. The Kier molecular flexibility index (Phi) is 3.42. The number of nitrogens with zero attached hydrogens (tertiary/aromatic N) is 2. The smallest absolute Gasteiger partial charge is 0.145 e. The van der Waals surface area contributed by atoms with E-state index in [0.29, 0.717) is 0 Å². The Labute approximate surface area is 142 Å². The second-order valence-electron chi connectivity index (χ2n) is 7.60. The summed E-state index contributed by atoms with van der Waals surface area (Å²) in [5.74, 6) is 0. The SMILES string of the molecule is CC(C)(C)Cc1ccc2c3ccccc3n(-c3ccccc3)c2n1. The van der Waals surface area contributed by atoms with Gasteiger partial charge in [0, 0.05) is 22.2 Å². The van der Waals surface area contributed by atoms with Crippen molar-refractivity contribution in [3.63, 3.8) is 0 Å². The van der Waals surface area contributed by atoms with E-state index in [1.54, 1.807) is 0 Å². The van der Waals surface area contributed by atoms with Crippen LogP contribution in [0.3, 0.4) is 0 Å².